The van der Waals surface area contributed by atoms with Gasteiger partial charge in [0.15, 0.2) is 0 Å². The lowest BCUT2D eigenvalue weighted by atomic mass is 10.1. The van der Waals surface area contributed by atoms with Crippen LogP contribution < -0.4 is 15.8 Å². The van der Waals surface area contributed by atoms with E-state index in [9.17, 15) is 4.79 Å². The van der Waals surface area contributed by atoms with Crippen LogP contribution in [0.25, 0.3) is 22.2 Å². The van der Waals surface area contributed by atoms with Gasteiger partial charge in [-0.05, 0) is 31.2 Å². The molecule has 8 heteroatoms. The number of anilines is 2. The maximum atomic E-state index is 11.7. The Hall–Kier alpha value is -2.90. The first-order chi connectivity index (χ1) is 14.6. The molecule has 2 aromatic carbocycles. The molecule has 0 saturated heterocycles. The van der Waals surface area contributed by atoms with Crippen molar-refractivity contribution in [3.05, 3.63) is 42.5 Å². The number of rotatable bonds is 9. The molecule has 30 heavy (non-hydrogen) atoms. The Kier molecular flexibility index (Phi) is 7.43. The predicted molar refractivity (Wildman–Crippen MR) is 121 cm³/mol. The Balaban J connectivity index is 1.89. The standard InChI is InChI=1S/C22H26ClN3O4/c1-3-26-19-14-17(29-13-12-28-2)8-9-18(19)20(24)21(26)15-4-6-16(7-5-15)25-22(27)30-11-10-23/h4-9,14H,3,10-13,24H2,1-2H3,(H,25,27). The number of nitrogens with one attached hydrogen (secondary N) is 1. The molecule has 0 bridgehead atoms. The highest BCUT2D eigenvalue weighted by atomic mass is 35.5. The topological polar surface area (TPSA) is 87.7 Å². The Bertz CT molecular complexity index is 1000. The molecule has 0 aliphatic rings. The molecule has 0 atom stereocenters. The van der Waals surface area contributed by atoms with E-state index in [0.29, 0.717) is 24.6 Å². The van der Waals surface area contributed by atoms with Crippen molar-refractivity contribution in [2.24, 2.45) is 0 Å². The highest BCUT2D eigenvalue weighted by Crippen LogP contribution is 2.38. The average Bonchev–Trinajstić information content (AvgIpc) is 3.04. The maximum Gasteiger partial charge on any atom is 0.411 e. The summed E-state index contributed by atoms with van der Waals surface area (Å²) in [5.41, 5.74) is 10.7. The van der Waals surface area contributed by atoms with Crippen LogP contribution in [0.3, 0.4) is 0 Å². The molecule has 7 nitrogen and oxygen atoms in total. The monoisotopic (exact) mass is 431 g/mol. The first kappa shape index (κ1) is 21.8. The van der Waals surface area contributed by atoms with E-state index in [4.69, 9.17) is 31.5 Å². The van der Waals surface area contributed by atoms with Crippen molar-refractivity contribution in [3.8, 4) is 17.0 Å². The summed E-state index contributed by atoms with van der Waals surface area (Å²) in [4.78, 5) is 11.7. The van der Waals surface area contributed by atoms with Crippen LogP contribution in [0.15, 0.2) is 42.5 Å². The van der Waals surface area contributed by atoms with Gasteiger partial charge in [0.05, 0.1) is 29.4 Å². The first-order valence-corrected chi connectivity index (χ1v) is 10.3. The van der Waals surface area contributed by atoms with Crippen LogP contribution in [0.4, 0.5) is 16.2 Å². The smallest absolute Gasteiger partial charge is 0.411 e. The number of carbonyl (C=O) groups excluding carboxylic acids is 1. The summed E-state index contributed by atoms with van der Waals surface area (Å²) < 4.78 is 17.9. The number of aryl methyl sites for hydroxylation is 1. The number of hydrogen-bond acceptors (Lipinski definition) is 5. The van der Waals surface area contributed by atoms with Gasteiger partial charge in [0.1, 0.15) is 19.0 Å². The van der Waals surface area contributed by atoms with Crippen LogP contribution in [-0.4, -0.2) is 43.5 Å². The second-order valence-corrected chi connectivity index (χ2v) is 6.93. The summed E-state index contributed by atoms with van der Waals surface area (Å²) >= 11 is 5.52. The normalized spacial score (nSPS) is 10.9. The number of alkyl halides is 1. The first-order valence-electron chi connectivity index (χ1n) is 9.72. The quantitative estimate of drug-likeness (QED) is 0.378. The van der Waals surface area contributed by atoms with Gasteiger partial charge in [-0.1, -0.05) is 12.1 Å². The number of nitrogens with zero attached hydrogens (tertiary/aromatic N) is 1. The zero-order valence-corrected chi connectivity index (χ0v) is 17.9. The predicted octanol–water partition coefficient (Wildman–Crippen LogP) is 4.72. The second kappa shape index (κ2) is 10.2. The highest BCUT2D eigenvalue weighted by Gasteiger charge is 2.17. The maximum absolute atomic E-state index is 11.7. The van der Waals surface area contributed by atoms with Gasteiger partial charge < -0.3 is 24.5 Å². The van der Waals surface area contributed by atoms with Crippen LogP contribution in [0.2, 0.25) is 0 Å². The van der Waals surface area contributed by atoms with E-state index >= 15 is 0 Å². The van der Waals surface area contributed by atoms with Crippen LogP contribution in [0.5, 0.6) is 5.75 Å². The highest BCUT2D eigenvalue weighted by molar-refractivity contribution is 6.18. The van der Waals surface area contributed by atoms with Crippen molar-refractivity contribution in [2.75, 3.05) is 43.9 Å². The second-order valence-electron chi connectivity index (χ2n) is 6.55. The van der Waals surface area contributed by atoms with E-state index in [1.165, 1.54) is 0 Å². The van der Waals surface area contributed by atoms with Gasteiger partial charge in [0.2, 0.25) is 0 Å². The van der Waals surface area contributed by atoms with Crippen LogP contribution in [0.1, 0.15) is 6.92 Å². The summed E-state index contributed by atoms with van der Waals surface area (Å²) in [5.74, 6) is 1.03. The number of nitrogen functional groups attached to an aromatic ring is 1. The number of hydrogen-bond donors (Lipinski definition) is 2. The average molecular weight is 432 g/mol. The lowest BCUT2D eigenvalue weighted by molar-refractivity contribution is 0.146. The Morgan fingerprint density at radius 2 is 1.90 bits per heavy atom. The van der Waals surface area contributed by atoms with Gasteiger partial charge in [0.25, 0.3) is 0 Å². The number of amides is 1. The molecule has 3 rings (SSSR count). The van der Waals surface area contributed by atoms with Gasteiger partial charge >= 0.3 is 6.09 Å². The number of nitrogens with two attached hydrogens (primary N) is 1. The zero-order chi connectivity index (χ0) is 21.5. The molecule has 0 saturated carbocycles. The molecule has 0 fully saturated rings. The van der Waals surface area contributed by atoms with E-state index < -0.39 is 6.09 Å². The van der Waals surface area contributed by atoms with Gasteiger partial charge in [-0.3, -0.25) is 5.32 Å². The summed E-state index contributed by atoms with van der Waals surface area (Å²) in [6, 6.07) is 13.4. The molecule has 1 aromatic heterocycles. The lowest BCUT2D eigenvalue weighted by Gasteiger charge is -2.11. The molecule has 1 amide bonds. The number of fused-ring (bicyclic) bond motifs is 1. The van der Waals surface area contributed by atoms with Crippen LogP contribution >= 0.6 is 11.6 Å². The summed E-state index contributed by atoms with van der Waals surface area (Å²) in [5, 5.41) is 3.64. The molecule has 0 aliphatic carbocycles. The third kappa shape index (κ3) is 4.80. The number of ether oxygens (including phenoxy) is 3. The van der Waals surface area contributed by atoms with Gasteiger partial charge in [0, 0.05) is 36.4 Å². The van der Waals surface area contributed by atoms with Crippen molar-refractivity contribution in [1.82, 2.24) is 4.57 Å². The van der Waals surface area contributed by atoms with E-state index in [1.54, 1.807) is 7.11 Å². The molecule has 160 valence electrons. The number of benzene rings is 2. The number of halogens is 1. The molecule has 0 unspecified atom stereocenters. The summed E-state index contributed by atoms with van der Waals surface area (Å²) in [6.07, 6.45) is -0.536. The van der Waals surface area contributed by atoms with Gasteiger partial charge in [-0.2, -0.15) is 0 Å². The van der Waals surface area contributed by atoms with Crippen LogP contribution in [-0.2, 0) is 16.0 Å². The van der Waals surface area contributed by atoms with Crippen molar-refractivity contribution < 1.29 is 19.0 Å². The summed E-state index contributed by atoms with van der Waals surface area (Å²) in [6.45, 7) is 3.99. The van der Waals surface area contributed by atoms with Crippen molar-refractivity contribution in [1.29, 1.82) is 0 Å². The zero-order valence-electron chi connectivity index (χ0n) is 17.1. The van der Waals surface area contributed by atoms with E-state index in [2.05, 4.69) is 16.8 Å². The molecule has 0 spiro atoms. The van der Waals surface area contributed by atoms with Crippen molar-refractivity contribution in [3.63, 3.8) is 0 Å². The molecule has 3 N–H and O–H groups in total. The third-order valence-corrected chi connectivity index (χ3v) is 4.82. The fraction of sp³-hybridized carbons (Fsp3) is 0.318. The number of carbonyl (C=O) groups is 1. The molecular formula is C22H26ClN3O4. The van der Waals surface area contributed by atoms with Gasteiger partial charge in [-0.15, -0.1) is 11.6 Å². The fourth-order valence-corrected chi connectivity index (χ4v) is 3.40. The number of aromatic nitrogens is 1. The third-order valence-electron chi connectivity index (χ3n) is 4.66. The SMILES string of the molecule is CCn1c(-c2ccc(NC(=O)OCCCl)cc2)c(N)c2ccc(OCCOC)cc21. The molecule has 3 aromatic rings. The number of methoxy groups -OCH3 is 1. The Labute approximate surface area is 180 Å². The lowest BCUT2D eigenvalue weighted by Crippen LogP contribution is -2.14. The molecule has 0 aliphatic heterocycles. The minimum atomic E-state index is -0.536. The summed E-state index contributed by atoms with van der Waals surface area (Å²) in [7, 11) is 1.64. The molecule has 1 heterocycles. The van der Waals surface area contributed by atoms with E-state index in [-0.39, 0.29) is 12.5 Å². The van der Waals surface area contributed by atoms with Crippen molar-refractivity contribution in [2.45, 2.75) is 13.5 Å². The van der Waals surface area contributed by atoms with E-state index in [0.717, 1.165) is 34.5 Å². The largest absolute Gasteiger partial charge is 0.491 e. The Morgan fingerprint density at radius 3 is 2.57 bits per heavy atom. The van der Waals surface area contributed by atoms with E-state index in [1.807, 2.05) is 42.5 Å². The van der Waals surface area contributed by atoms with Crippen molar-refractivity contribution >= 4 is 40.0 Å². The fourth-order valence-electron chi connectivity index (χ4n) is 3.33. The minimum absolute atomic E-state index is 0.162. The van der Waals surface area contributed by atoms with Gasteiger partial charge in [-0.25, -0.2) is 4.79 Å². The Morgan fingerprint density at radius 1 is 1.13 bits per heavy atom. The minimum Gasteiger partial charge on any atom is -0.491 e. The van der Waals surface area contributed by atoms with Crippen LogP contribution in [0, 0.1) is 0 Å². The molecule has 0 radical (unpaired) electrons. The molecular weight excluding hydrogens is 406 g/mol.